The van der Waals surface area contributed by atoms with E-state index in [0.29, 0.717) is 6.42 Å². The van der Waals surface area contributed by atoms with Gasteiger partial charge in [0.2, 0.25) is 0 Å². The molecule has 0 aliphatic heterocycles. The summed E-state index contributed by atoms with van der Waals surface area (Å²) in [6.45, 7) is 1.93. The molecule has 0 spiro atoms. The van der Waals surface area contributed by atoms with Crippen molar-refractivity contribution in [1.29, 1.82) is 0 Å². The first-order chi connectivity index (χ1) is 9.41. The summed E-state index contributed by atoms with van der Waals surface area (Å²) < 4.78 is 29.0. The Morgan fingerprint density at radius 2 is 1.75 bits per heavy atom. The van der Waals surface area contributed by atoms with E-state index in [-0.39, 0.29) is 11.5 Å². The minimum Gasteiger partial charge on any atom is -0.390 e. The summed E-state index contributed by atoms with van der Waals surface area (Å²) in [5, 5.41) is 10.3. The van der Waals surface area contributed by atoms with Crippen molar-refractivity contribution in [2.24, 2.45) is 0 Å². The van der Waals surface area contributed by atoms with Crippen LogP contribution in [0.25, 0.3) is 0 Å². The van der Waals surface area contributed by atoms with Crippen molar-refractivity contribution in [3.05, 3.63) is 29.8 Å². The Labute approximate surface area is 120 Å². The fraction of sp³-hybridized carbons (Fsp3) is 0.600. The van der Waals surface area contributed by atoms with Crippen LogP contribution in [0.5, 0.6) is 0 Å². The Kier molecular flexibility index (Phi) is 4.83. The third kappa shape index (κ3) is 4.04. The molecule has 1 saturated carbocycles. The quantitative estimate of drug-likeness (QED) is 0.849. The number of aryl methyl sites for hydroxylation is 1. The zero-order valence-corrected chi connectivity index (χ0v) is 12.7. The average molecular weight is 298 g/mol. The van der Waals surface area contributed by atoms with E-state index in [1.165, 1.54) is 0 Å². The fourth-order valence-corrected chi connectivity index (χ4v) is 3.48. The monoisotopic (exact) mass is 298 g/mol. The van der Waals surface area contributed by atoms with Crippen molar-refractivity contribution in [3.63, 3.8) is 0 Å². The van der Waals surface area contributed by atoms with E-state index in [4.69, 9.17) is 4.18 Å². The van der Waals surface area contributed by atoms with Gasteiger partial charge in [-0.1, -0.05) is 37.0 Å². The highest BCUT2D eigenvalue weighted by Crippen LogP contribution is 2.31. The molecule has 0 heterocycles. The topological polar surface area (TPSA) is 63.6 Å². The second-order valence-electron chi connectivity index (χ2n) is 5.62. The number of hydrogen-bond acceptors (Lipinski definition) is 4. The Balaban J connectivity index is 1.91. The van der Waals surface area contributed by atoms with Crippen LogP contribution in [0.2, 0.25) is 0 Å². The highest BCUT2D eigenvalue weighted by Gasteiger charge is 2.29. The molecule has 4 nitrogen and oxygen atoms in total. The van der Waals surface area contributed by atoms with Crippen LogP contribution in [0.1, 0.15) is 44.1 Å². The Morgan fingerprint density at radius 3 is 2.35 bits per heavy atom. The second-order valence-corrected chi connectivity index (χ2v) is 7.24. The molecule has 0 saturated heterocycles. The summed E-state index contributed by atoms with van der Waals surface area (Å²) in [5.41, 5.74) is 0.251. The maximum absolute atomic E-state index is 12.0. The van der Waals surface area contributed by atoms with Gasteiger partial charge in [0.1, 0.15) is 0 Å². The van der Waals surface area contributed by atoms with Gasteiger partial charge in [-0.05, 0) is 31.9 Å². The molecule has 0 aromatic heterocycles. The van der Waals surface area contributed by atoms with Gasteiger partial charge >= 0.3 is 0 Å². The molecule has 0 bridgehead atoms. The molecule has 1 fully saturated rings. The molecule has 20 heavy (non-hydrogen) atoms. The third-order valence-electron chi connectivity index (χ3n) is 3.90. The van der Waals surface area contributed by atoms with Crippen LogP contribution in [0.4, 0.5) is 0 Å². The van der Waals surface area contributed by atoms with Gasteiger partial charge in [0.05, 0.1) is 17.1 Å². The summed E-state index contributed by atoms with van der Waals surface area (Å²) in [6, 6.07) is 6.57. The van der Waals surface area contributed by atoms with Crippen LogP contribution in [-0.4, -0.2) is 25.7 Å². The first-order valence-electron chi connectivity index (χ1n) is 7.10. The summed E-state index contributed by atoms with van der Waals surface area (Å²) in [7, 11) is -3.72. The first kappa shape index (κ1) is 15.5. The van der Waals surface area contributed by atoms with Gasteiger partial charge in [-0.3, -0.25) is 4.18 Å². The van der Waals surface area contributed by atoms with E-state index in [2.05, 4.69) is 0 Å². The van der Waals surface area contributed by atoms with Crippen LogP contribution in [0, 0.1) is 6.92 Å². The molecule has 1 aromatic rings. The lowest BCUT2D eigenvalue weighted by Crippen LogP contribution is -2.33. The molecule has 0 unspecified atom stereocenters. The lowest BCUT2D eigenvalue weighted by atomic mass is 9.83. The maximum atomic E-state index is 12.0. The van der Waals surface area contributed by atoms with Gasteiger partial charge < -0.3 is 5.11 Å². The second kappa shape index (κ2) is 6.24. The van der Waals surface area contributed by atoms with E-state index >= 15 is 0 Å². The van der Waals surface area contributed by atoms with Crippen molar-refractivity contribution < 1.29 is 17.7 Å². The molecule has 1 N–H and O–H groups in total. The Hall–Kier alpha value is -0.910. The lowest BCUT2D eigenvalue weighted by molar-refractivity contribution is -0.0129. The van der Waals surface area contributed by atoms with Crippen LogP contribution < -0.4 is 0 Å². The summed E-state index contributed by atoms with van der Waals surface area (Å²) in [5.74, 6) is 0. The zero-order chi connectivity index (χ0) is 14.6. The van der Waals surface area contributed by atoms with Gasteiger partial charge in [-0.2, -0.15) is 8.42 Å². The minimum absolute atomic E-state index is 0.0344. The van der Waals surface area contributed by atoms with E-state index in [1.807, 2.05) is 6.92 Å². The third-order valence-corrected chi connectivity index (χ3v) is 5.23. The molecule has 1 aliphatic carbocycles. The van der Waals surface area contributed by atoms with E-state index < -0.39 is 15.7 Å². The first-order valence-corrected chi connectivity index (χ1v) is 8.51. The van der Waals surface area contributed by atoms with Gasteiger partial charge in [0, 0.05) is 6.42 Å². The lowest BCUT2D eigenvalue weighted by Gasteiger charge is -2.31. The van der Waals surface area contributed by atoms with Gasteiger partial charge in [-0.25, -0.2) is 0 Å². The van der Waals surface area contributed by atoms with Crippen molar-refractivity contribution in [3.8, 4) is 0 Å². The summed E-state index contributed by atoms with van der Waals surface area (Å²) in [6.07, 6.45) is 4.99. The zero-order valence-electron chi connectivity index (χ0n) is 11.8. The van der Waals surface area contributed by atoms with Crippen molar-refractivity contribution in [1.82, 2.24) is 0 Å². The number of rotatable bonds is 5. The Bertz CT molecular complexity index is 527. The average Bonchev–Trinajstić information content (AvgIpc) is 2.39. The van der Waals surface area contributed by atoms with Crippen molar-refractivity contribution >= 4 is 10.1 Å². The highest BCUT2D eigenvalue weighted by atomic mass is 32.2. The summed E-state index contributed by atoms with van der Waals surface area (Å²) >= 11 is 0. The van der Waals surface area contributed by atoms with Gasteiger partial charge in [0.15, 0.2) is 0 Å². The van der Waals surface area contributed by atoms with Crippen molar-refractivity contribution in [2.45, 2.75) is 55.9 Å². The predicted octanol–water partition coefficient (Wildman–Crippen LogP) is 2.79. The largest absolute Gasteiger partial charge is 0.390 e. The van der Waals surface area contributed by atoms with E-state index in [1.54, 1.807) is 24.3 Å². The van der Waals surface area contributed by atoms with Gasteiger partial charge in [-0.15, -0.1) is 0 Å². The molecule has 112 valence electrons. The van der Waals surface area contributed by atoms with Crippen LogP contribution in [-0.2, 0) is 14.3 Å². The van der Waals surface area contributed by atoms with E-state index in [9.17, 15) is 13.5 Å². The summed E-state index contributed by atoms with van der Waals surface area (Å²) in [4.78, 5) is 0.165. The molecule has 0 radical (unpaired) electrons. The van der Waals surface area contributed by atoms with Crippen LogP contribution in [0.15, 0.2) is 29.2 Å². The normalized spacial score (nSPS) is 18.9. The molecule has 0 atom stereocenters. The Morgan fingerprint density at radius 1 is 1.15 bits per heavy atom. The minimum atomic E-state index is -3.72. The molecule has 2 rings (SSSR count). The molecule has 1 aromatic carbocycles. The predicted molar refractivity (Wildman–Crippen MR) is 77.0 cm³/mol. The molecular formula is C15H22O4S. The number of hydrogen-bond donors (Lipinski definition) is 1. The van der Waals surface area contributed by atoms with Gasteiger partial charge in [0.25, 0.3) is 10.1 Å². The molecular weight excluding hydrogens is 276 g/mol. The smallest absolute Gasteiger partial charge is 0.296 e. The fourth-order valence-electron chi connectivity index (χ4n) is 2.57. The SMILES string of the molecule is Cc1ccc(S(=O)(=O)OCCC2(O)CCCCC2)cc1. The van der Waals surface area contributed by atoms with Crippen LogP contribution >= 0.6 is 0 Å². The number of aliphatic hydroxyl groups is 1. The molecule has 0 amide bonds. The highest BCUT2D eigenvalue weighted by molar-refractivity contribution is 7.86. The maximum Gasteiger partial charge on any atom is 0.296 e. The van der Waals surface area contributed by atoms with Crippen molar-refractivity contribution in [2.75, 3.05) is 6.61 Å². The van der Waals surface area contributed by atoms with Crippen LogP contribution in [0.3, 0.4) is 0 Å². The standard InChI is InChI=1S/C15H22O4S/c1-13-5-7-14(8-6-13)20(17,18)19-12-11-15(16)9-3-2-4-10-15/h5-8,16H,2-4,9-12H2,1H3. The van der Waals surface area contributed by atoms with E-state index in [0.717, 1.165) is 37.7 Å². The molecule has 5 heteroatoms. The number of benzene rings is 1. The molecule has 1 aliphatic rings.